The second-order valence-corrected chi connectivity index (χ2v) is 9.04. The minimum Gasteiger partial charge on any atom is -0.497 e. The zero-order valence-electron chi connectivity index (χ0n) is 19.4. The van der Waals surface area contributed by atoms with E-state index in [1.54, 1.807) is 13.3 Å². The number of rotatable bonds is 12. The number of unbranched alkanes of at least 4 members (excludes halogenated alkanes) is 4. The largest absolute Gasteiger partial charge is 0.497 e. The van der Waals surface area contributed by atoms with Gasteiger partial charge in [0.05, 0.1) is 18.7 Å². The van der Waals surface area contributed by atoms with Crippen LogP contribution in [0.3, 0.4) is 0 Å². The molecule has 0 amide bonds. The molecule has 0 spiro atoms. The van der Waals surface area contributed by atoms with Crippen molar-refractivity contribution in [1.29, 1.82) is 0 Å². The van der Waals surface area contributed by atoms with Crippen molar-refractivity contribution in [3.63, 3.8) is 0 Å². The molecule has 3 atom stereocenters. The van der Waals surface area contributed by atoms with Gasteiger partial charge in [-0.1, -0.05) is 38.7 Å². The molecule has 2 heterocycles. The van der Waals surface area contributed by atoms with Crippen LogP contribution in [-0.4, -0.2) is 41.7 Å². The van der Waals surface area contributed by atoms with Crippen LogP contribution in [0.4, 0.5) is 0 Å². The number of aliphatic hydroxyl groups is 1. The molecule has 1 saturated heterocycles. The van der Waals surface area contributed by atoms with Crippen molar-refractivity contribution < 1.29 is 9.84 Å². The molecular formula is C27H40N2O2. The quantitative estimate of drug-likeness (QED) is 0.328. The number of methoxy groups -OCH3 is 1. The Bertz CT molecular complexity index is 822. The number of pyridine rings is 1. The molecule has 0 aliphatic carbocycles. The van der Waals surface area contributed by atoms with Crippen LogP contribution >= 0.6 is 0 Å². The van der Waals surface area contributed by atoms with Crippen molar-refractivity contribution in [1.82, 2.24) is 9.88 Å². The molecule has 0 bridgehead atoms. The van der Waals surface area contributed by atoms with Gasteiger partial charge in [-0.2, -0.15) is 0 Å². The van der Waals surface area contributed by atoms with Gasteiger partial charge in [-0.15, -0.1) is 6.58 Å². The first kappa shape index (κ1) is 23.7. The zero-order valence-corrected chi connectivity index (χ0v) is 19.4. The smallest absolute Gasteiger partial charge is 0.119 e. The predicted octanol–water partition coefficient (Wildman–Crippen LogP) is 6.15. The number of fused-ring (bicyclic) bond motifs is 1. The molecule has 4 heteroatoms. The molecule has 1 fully saturated rings. The van der Waals surface area contributed by atoms with Crippen LogP contribution in [0.15, 0.2) is 43.1 Å². The molecule has 1 aliphatic rings. The van der Waals surface area contributed by atoms with E-state index in [1.165, 1.54) is 51.6 Å². The highest BCUT2D eigenvalue weighted by molar-refractivity contribution is 5.83. The van der Waals surface area contributed by atoms with Crippen LogP contribution in [0.25, 0.3) is 10.9 Å². The predicted molar refractivity (Wildman–Crippen MR) is 129 cm³/mol. The summed E-state index contributed by atoms with van der Waals surface area (Å²) in [6, 6.07) is 7.79. The van der Waals surface area contributed by atoms with E-state index < -0.39 is 6.10 Å². The number of hydrogen-bond donors (Lipinski definition) is 1. The van der Waals surface area contributed by atoms with E-state index in [2.05, 4.69) is 29.5 Å². The number of benzene rings is 1. The van der Waals surface area contributed by atoms with Crippen LogP contribution in [0.2, 0.25) is 0 Å². The third-order valence-electron chi connectivity index (χ3n) is 6.92. The molecule has 31 heavy (non-hydrogen) atoms. The molecule has 0 radical (unpaired) electrons. The van der Waals surface area contributed by atoms with Crippen LogP contribution in [0.5, 0.6) is 5.75 Å². The number of piperidine rings is 1. The SMILES string of the molecule is C=C[C@H]1CN(CCCCCCC)CC[C@H]1CCC(O)c1ccnc2ccc(OC)cc12. The third-order valence-corrected chi connectivity index (χ3v) is 6.92. The van der Waals surface area contributed by atoms with Gasteiger partial charge in [-0.3, -0.25) is 4.98 Å². The van der Waals surface area contributed by atoms with Crippen molar-refractivity contribution >= 4 is 10.9 Å². The minimum absolute atomic E-state index is 0.486. The molecule has 1 N–H and O–H groups in total. The standard InChI is InChI=1S/C27H40N2O2/c1-4-6-7-8-9-17-29-18-15-22(21(5-2)20-29)10-13-27(30)24-14-16-28-26-12-11-23(31-3)19-25(24)26/h5,11-12,14,16,19,21-22,27,30H,2,4,6-10,13,15,17-18,20H2,1,3H3/t21-,22+,27?/m0/s1. The van der Waals surface area contributed by atoms with Gasteiger partial charge < -0.3 is 14.7 Å². The van der Waals surface area contributed by atoms with Crippen LogP contribution < -0.4 is 4.74 Å². The summed E-state index contributed by atoms with van der Waals surface area (Å²) in [6.07, 6.45) is 13.1. The second kappa shape index (κ2) is 12.2. The molecular weight excluding hydrogens is 384 g/mol. The Kier molecular flexibility index (Phi) is 9.35. The first-order chi connectivity index (χ1) is 15.2. The molecule has 1 aromatic heterocycles. The maximum Gasteiger partial charge on any atom is 0.119 e. The first-order valence-corrected chi connectivity index (χ1v) is 12.1. The molecule has 2 aromatic rings. The maximum atomic E-state index is 11.0. The number of hydrogen-bond acceptors (Lipinski definition) is 4. The minimum atomic E-state index is -0.486. The fraction of sp³-hybridized carbons (Fsp3) is 0.593. The molecule has 3 rings (SSSR count). The highest BCUT2D eigenvalue weighted by Crippen LogP contribution is 2.34. The summed E-state index contributed by atoms with van der Waals surface area (Å²) in [5.74, 6) is 1.92. The second-order valence-electron chi connectivity index (χ2n) is 9.04. The van der Waals surface area contributed by atoms with E-state index in [0.29, 0.717) is 11.8 Å². The van der Waals surface area contributed by atoms with E-state index >= 15 is 0 Å². The maximum absolute atomic E-state index is 11.0. The number of aliphatic hydroxyl groups excluding tert-OH is 1. The van der Waals surface area contributed by atoms with E-state index in [-0.39, 0.29) is 0 Å². The van der Waals surface area contributed by atoms with Gasteiger partial charge in [-0.25, -0.2) is 0 Å². The summed E-state index contributed by atoms with van der Waals surface area (Å²) in [5, 5.41) is 12.0. The van der Waals surface area contributed by atoms with Crippen LogP contribution in [0, 0.1) is 11.8 Å². The Morgan fingerprint density at radius 3 is 2.87 bits per heavy atom. The van der Waals surface area contributed by atoms with E-state index in [1.807, 2.05) is 24.3 Å². The van der Waals surface area contributed by atoms with E-state index in [4.69, 9.17) is 4.74 Å². The van der Waals surface area contributed by atoms with Crippen molar-refractivity contribution in [2.24, 2.45) is 11.8 Å². The van der Waals surface area contributed by atoms with Gasteiger partial charge in [0, 0.05) is 18.1 Å². The molecule has 1 aromatic carbocycles. The van der Waals surface area contributed by atoms with Gasteiger partial charge in [0.1, 0.15) is 5.75 Å². The van der Waals surface area contributed by atoms with Gasteiger partial charge in [0.15, 0.2) is 0 Å². The monoisotopic (exact) mass is 424 g/mol. The number of nitrogens with zero attached hydrogens (tertiary/aromatic N) is 2. The first-order valence-electron chi connectivity index (χ1n) is 12.1. The van der Waals surface area contributed by atoms with Crippen molar-refractivity contribution in [3.05, 3.63) is 48.7 Å². The van der Waals surface area contributed by atoms with Crippen LogP contribution in [0.1, 0.15) is 70.0 Å². The topological polar surface area (TPSA) is 45.6 Å². The lowest BCUT2D eigenvalue weighted by Gasteiger charge is -2.37. The molecule has 0 saturated carbocycles. The summed E-state index contributed by atoms with van der Waals surface area (Å²) in [5.41, 5.74) is 1.84. The Morgan fingerprint density at radius 1 is 1.26 bits per heavy atom. The summed E-state index contributed by atoms with van der Waals surface area (Å²) >= 11 is 0. The molecule has 170 valence electrons. The molecule has 1 aliphatic heterocycles. The third kappa shape index (κ3) is 6.54. The lowest BCUT2D eigenvalue weighted by atomic mass is 9.81. The number of likely N-dealkylation sites (tertiary alicyclic amines) is 1. The number of aromatic nitrogens is 1. The number of ether oxygens (including phenoxy) is 1. The fourth-order valence-corrected chi connectivity index (χ4v) is 4.96. The van der Waals surface area contributed by atoms with Crippen molar-refractivity contribution in [2.45, 2.75) is 64.4 Å². The summed E-state index contributed by atoms with van der Waals surface area (Å²) in [7, 11) is 1.67. The van der Waals surface area contributed by atoms with Gasteiger partial charge >= 0.3 is 0 Å². The molecule has 4 nitrogen and oxygen atoms in total. The highest BCUT2D eigenvalue weighted by atomic mass is 16.5. The summed E-state index contributed by atoms with van der Waals surface area (Å²) in [6.45, 7) is 9.90. The normalized spacial score (nSPS) is 20.6. The van der Waals surface area contributed by atoms with Crippen LogP contribution in [-0.2, 0) is 0 Å². The zero-order chi connectivity index (χ0) is 22.1. The lowest BCUT2D eigenvalue weighted by molar-refractivity contribution is 0.111. The molecule has 1 unspecified atom stereocenters. The summed E-state index contributed by atoms with van der Waals surface area (Å²) in [4.78, 5) is 7.06. The average molecular weight is 425 g/mol. The highest BCUT2D eigenvalue weighted by Gasteiger charge is 2.27. The van der Waals surface area contributed by atoms with E-state index in [0.717, 1.165) is 41.6 Å². The Hall–Kier alpha value is -1.91. The lowest BCUT2D eigenvalue weighted by Crippen LogP contribution is -2.40. The average Bonchev–Trinajstić information content (AvgIpc) is 2.81. The van der Waals surface area contributed by atoms with E-state index in [9.17, 15) is 5.11 Å². The Morgan fingerprint density at radius 2 is 2.10 bits per heavy atom. The summed E-state index contributed by atoms with van der Waals surface area (Å²) < 4.78 is 5.37. The van der Waals surface area contributed by atoms with Crippen molar-refractivity contribution in [3.8, 4) is 5.75 Å². The Labute approximate surface area is 188 Å². The van der Waals surface area contributed by atoms with Gasteiger partial charge in [0.25, 0.3) is 0 Å². The van der Waals surface area contributed by atoms with Crippen molar-refractivity contribution in [2.75, 3.05) is 26.7 Å². The van der Waals surface area contributed by atoms with Gasteiger partial charge in [0.2, 0.25) is 0 Å². The van der Waals surface area contributed by atoms with Gasteiger partial charge in [-0.05, 0) is 80.4 Å². The fourth-order valence-electron chi connectivity index (χ4n) is 4.96. The Balaban J connectivity index is 1.54.